The Hall–Kier alpha value is -1.42. The van der Waals surface area contributed by atoms with E-state index in [4.69, 9.17) is 4.74 Å². The molecule has 0 aliphatic heterocycles. The van der Waals surface area contributed by atoms with Gasteiger partial charge in [-0.3, -0.25) is 9.69 Å². The summed E-state index contributed by atoms with van der Waals surface area (Å²) in [6.45, 7) is 9.09. The van der Waals surface area contributed by atoms with Gasteiger partial charge in [0.25, 0.3) is 0 Å². The lowest BCUT2D eigenvalue weighted by atomic mass is 9.90. The van der Waals surface area contributed by atoms with Crippen molar-refractivity contribution in [3.8, 4) is 5.75 Å². The van der Waals surface area contributed by atoms with E-state index in [2.05, 4.69) is 0 Å². The molecular formula is C15H22FNO2. The maximum Gasteiger partial charge on any atom is 0.185 e. The summed E-state index contributed by atoms with van der Waals surface area (Å²) in [5.41, 5.74) is -0.660. The summed E-state index contributed by atoms with van der Waals surface area (Å²) in [4.78, 5) is 14.6. The summed E-state index contributed by atoms with van der Waals surface area (Å²) in [5.74, 6) is -0.718. The Labute approximate surface area is 114 Å². The molecule has 0 fully saturated rings. The van der Waals surface area contributed by atoms with Gasteiger partial charge in [-0.15, -0.1) is 0 Å². The first-order valence-corrected chi connectivity index (χ1v) is 6.52. The van der Waals surface area contributed by atoms with Gasteiger partial charge < -0.3 is 4.74 Å². The van der Waals surface area contributed by atoms with E-state index in [-0.39, 0.29) is 17.1 Å². The molecule has 4 heteroatoms. The number of carbonyl (C=O) groups is 1. The minimum absolute atomic E-state index is 0.0799. The van der Waals surface area contributed by atoms with Gasteiger partial charge in [-0.2, -0.15) is 0 Å². The van der Waals surface area contributed by atoms with Crippen molar-refractivity contribution < 1.29 is 13.9 Å². The number of nitrogens with zero attached hydrogens (tertiary/aromatic N) is 1. The quantitative estimate of drug-likeness (QED) is 0.742. The van der Waals surface area contributed by atoms with Crippen molar-refractivity contribution in [1.29, 1.82) is 0 Å². The molecule has 19 heavy (non-hydrogen) atoms. The van der Waals surface area contributed by atoms with Crippen LogP contribution in [0.5, 0.6) is 5.75 Å². The Kier molecular flexibility index (Phi) is 5.06. The summed E-state index contributed by atoms with van der Waals surface area (Å²) in [7, 11) is 1.39. The third kappa shape index (κ3) is 2.95. The largest absolute Gasteiger partial charge is 0.494 e. The lowest BCUT2D eigenvalue weighted by Gasteiger charge is -2.35. The molecule has 1 aromatic rings. The Bertz CT molecular complexity index is 453. The lowest BCUT2D eigenvalue weighted by Crippen LogP contribution is -2.50. The second-order valence-corrected chi connectivity index (χ2v) is 4.88. The number of Topliss-reactive ketones (excluding diaryl/α,β-unsaturated/α-hetero) is 1. The number of ether oxygens (including phenoxy) is 1. The van der Waals surface area contributed by atoms with Crippen LogP contribution in [-0.4, -0.2) is 36.4 Å². The molecule has 1 aromatic carbocycles. The van der Waals surface area contributed by atoms with Gasteiger partial charge in [0.1, 0.15) is 0 Å². The van der Waals surface area contributed by atoms with Gasteiger partial charge in [0.2, 0.25) is 0 Å². The SMILES string of the molecule is CCN(CC)C(C)(C)C(=O)c1cccc(OC)c1F. The molecule has 3 nitrogen and oxygen atoms in total. The van der Waals surface area contributed by atoms with Crippen LogP contribution in [0.2, 0.25) is 0 Å². The normalized spacial score (nSPS) is 11.7. The standard InChI is InChI=1S/C15H22FNO2/c1-6-17(7-2)15(3,4)14(18)11-9-8-10-12(19-5)13(11)16/h8-10H,6-7H2,1-5H3. The Morgan fingerprint density at radius 3 is 2.37 bits per heavy atom. The van der Waals surface area contributed by atoms with Gasteiger partial charge >= 0.3 is 0 Å². The number of hydrogen-bond acceptors (Lipinski definition) is 3. The summed E-state index contributed by atoms with van der Waals surface area (Å²) in [6.07, 6.45) is 0. The van der Waals surface area contributed by atoms with Crippen molar-refractivity contribution in [1.82, 2.24) is 4.90 Å². The van der Waals surface area contributed by atoms with Gasteiger partial charge in [-0.25, -0.2) is 4.39 Å². The molecule has 0 aliphatic rings. The predicted octanol–water partition coefficient (Wildman–Crippen LogP) is 3.14. The molecule has 0 unspecified atom stereocenters. The lowest BCUT2D eigenvalue weighted by molar-refractivity contribution is 0.0663. The Balaban J connectivity index is 3.20. The molecule has 0 aliphatic carbocycles. The molecule has 0 radical (unpaired) electrons. The number of halogens is 1. The third-order valence-electron chi connectivity index (χ3n) is 3.54. The maximum absolute atomic E-state index is 14.2. The molecule has 0 spiro atoms. The summed E-state index contributed by atoms with van der Waals surface area (Å²) >= 11 is 0. The molecule has 0 N–H and O–H groups in total. The number of likely N-dealkylation sites (N-methyl/N-ethyl adjacent to an activating group) is 1. The van der Waals surface area contributed by atoms with E-state index in [1.165, 1.54) is 19.2 Å². The van der Waals surface area contributed by atoms with Crippen LogP contribution in [-0.2, 0) is 0 Å². The number of ketones is 1. The van der Waals surface area contributed by atoms with Crippen molar-refractivity contribution in [3.63, 3.8) is 0 Å². The first kappa shape index (κ1) is 15.6. The van der Waals surface area contributed by atoms with Crippen LogP contribution < -0.4 is 4.74 Å². The molecule has 0 saturated carbocycles. The monoisotopic (exact) mass is 267 g/mol. The van der Waals surface area contributed by atoms with E-state index in [1.54, 1.807) is 6.07 Å². The van der Waals surface area contributed by atoms with Crippen molar-refractivity contribution in [2.24, 2.45) is 0 Å². The smallest absolute Gasteiger partial charge is 0.185 e. The maximum atomic E-state index is 14.2. The number of hydrogen-bond donors (Lipinski definition) is 0. The van der Waals surface area contributed by atoms with Crippen molar-refractivity contribution >= 4 is 5.78 Å². The third-order valence-corrected chi connectivity index (χ3v) is 3.54. The Morgan fingerprint density at radius 1 is 1.32 bits per heavy atom. The highest BCUT2D eigenvalue weighted by atomic mass is 19.1. The van der Waals surface area contributed by atoms with Gasteiger partial charge in [0.15, 0.2) is 17.3 Å². The van der Waals surface area contributed by atoms with Crippen LogP contribution in [0.3, 0.4) is 0 Å². The molecule has 0 aromatic heterocycles. The number of methoxy groups -OCH3 is 1. The van der Waals surface area contributed by atoms with E-state index in [1.807, 2.05) is 32.6 Å². The Morgan fingerprint density at radius 2 is 1.89 bits per heavy atom. The highest BCUT2D eigenvalue weighted by Gasteiger charge is 2.35. The van der Waals surface area contributed by atoms with E-state index >= 15 is 0 Å². The van der Waals surface area contributed by atoms with Crippen LogP contribution in [0.4, 0.5) is 4.39 Å². The molecule has 106 valence electrons. The fourth-order valence-corrected chi connectivity index (χ4v) is 2.33. The van der Waals surface area contributed by atoms with E-state index < -0.39 is 11.4 Å². The molecular weight excluding hydrogens is 245 g/mol. The minimum atomic E-state index is -0.739. The first-order chi connectivity index (χ1) is 8.89. The fourth-order valence-electron chi connectivity index (χ4n) is 2.33. The average Bonchev–Trinajstić information content (AvgIpc) is 2.39. The highest BCUT2D eigenvalue weighted by molar-refractivity contribution is 6.03. The fraction of sp³-hybridized carbons (Fsp3) is 0.533. The summed E-state index contributed by atoms with van der Waals surface area (Å²) in [6, 6.07) is 4.65. The molecule has 0 atom stereocenters. The molecule has 0 heterocycles. The zero-order chi connectivity index (χ0) is 14.6. The second-order valence-electron chi connectivity index (χ2n) is 4.88. The zero-order valence-electron chi connectivity index (χ0n) is 12.3. The zero-order valence-corrected chi connectivity index (χ0v) is 12.3. The van der Waals surface area contributed by atoms with E-state index in [0.29, 0.717) is 0 Å². The topological polar surface area (TPSA) is 29.5 Å². The summed E-state index contributed by atoms with van der Waals surface area (Å²) in [5, 5.41) is 0. The van der Waals surface area contributed by atoms with Crippen LogP contribution in [0.1, 0.15) is 38.1 Å². The van der Waals surface area contributed by atoms with Crippen molar-refractivity contribution in [3.05, 3.63) is 29.6 Å². The summed E-state index contributed by atoms with van der Waals surface area (Å²) < 4.78 is 19.1. The molecule has 0 bridgehead atoms. The molecule has 0 saturated heterocycles. The predicted molar refractivity (Wildman–Crippen MR) is 74.3 cm³/mol. The van der Waals surface area contributed by atoms with Crippen LogP contribution >= 0.6 is 0 Å². The number of carbonyl (C=O) groups excluding carboxylic acids is 1. The average molecular weight is 267 g/mol. The van der Waals surface area contributed by atoms with Gasteiger partial charge in [-0.1, -0.05) is 19.9 Å². The highest BCUT2D eigenvalue weighted by Crippen LogP contribution is 2.26. The number of benzene rings is 1. The second kappa shape index (κ2) is 6.15. The van der Waals surface area contributed by atoms with Crippen molar-refractivity contribution in [2.45, 2.75) is 33.2 Å². The van der Waals surface area contributed by atoms with Crippen LogP contribution in [0.15, 0.2) is 18.2 Å². The van der Waals surface area contributed by atoms with Crippen LogP contribution in [0, 0.1) is 5.82 Å². The van der Waals surface area contributed by atoms with Gasteiger partial charge in [0.05, 0.1) is 18.2 Å². The van der Waals surface area contributed by atoms with E-state index in [9.17, 15) is 9.18 Å². The molecule has 1 rings (SSSR count). The van der Waals surface area contributed by atoms with Crippen molar-refractivity contribution in [2.75, 3.05) is 20.2 Å². The van der Waals surface area contributed by atoms with Gasteiger partial charge in [-0.05, 0) is 39.1 Å². The molecule has 0 amide bonds. The van der Waals surface area contributed by atoms with E-state index in [0.717, 1.165) is 13.1 Å². The number of rotatable bonds is 6. The first-order valence-electron chi connectivity index (χ1n) is 6.52. The van der Waals surface area contributed by atoms with Gasteiger partial charge in [0, 0.05) is 0 Å². The minimum Gasteiger partial charge on any atom is -0.494 e. The van der Waals surface area contributed by atoms with Crippen LogP contribution in [0.25, 0.3) is 0 Å².